The number of nitrogens with one attached hydrogen (secondary N) is 1. The second-order valence-corrected chi connectivity index (χ2v) is 5.01. The van der Waals surface area contributed by atoms with E-state index in [1.165, 1.54) is 12.7 Å². The molecule has 5 heteroatoms. The molecule has 1 atom stereocenters. The summed E-state index contributed by atoms with van der Waals surface area (Å²) in [6.45, 7) is 4.26. The van der Waals surface area contributed by atoms with Crippen molar-refractivity contribution in [2.45, 2.75) is 32.2 Å². The highest BCUT2D eigenvalue weighted by Gasteiger charge is 2.32. The van der Waals surface area contributed by atoms with Gasteiger partial charge < -0.3 is 19.5 Å². The second-order valence-electron chi connectivity index (χ2n) is 5.01. The lowest BCUT2D eigenvalue weighted by molar-refractivity contribution is -0.148. The SMILES string of the molecule is CCc1ccc(OCCC(C)(NC)C(=O)OC)c(OC)c1. The maximum absolute atomic E-state index is 11.7. The molecular weight excluding hydrogens is 270 g/mol. The third-order valence-electron chi connectivity index (χ3n) is 3.68. The Morgan fingerprint density at radius 3 is 2.52 bits per heavy atom. The Hall–Kier alpha value is -1.75. The molecule has 0 amide bonds. The molecule has 1 aromatic carbocycles. The van der Waals surface area contributed by atoms with Crippen molar-refractivity contribution in [3.05, 3.63) is 23.8 Å². The van der Waals surface area contributed by atoms with Crippen LogP contribution in [0.2, 0.25) is 0 Å². The quantitative estimate of drug-likeness (QED) is 0.745. The van der Waals surface area contributed by atoms with Crippen molar-refractivity contribution in [3.63, 3.8) is 0 Å². The first-order valence-corrected chi connectivity index (χ1v) is 7.07. The van der Waals surface area contributed by atoms with Crippen LogP contribution < -0.4 is 14.8 Å². The van der Waals surface area contributed by atoms with Gasteiger partial charge in [0.15, 0.2) is 11.5 Å². The first-order chi connectivity index (χ1) is 10.0. The van der Waals surface area contributed by atoms with Gasteiger partial charge >= 0.3 is 5.97 Å². The number of ether oxygens (including phenoxy) is 3. The van der Waals surface area contributed by atoms with Crippen LogP contribution in [0.5, 0.6) is 11.5 Å². The molecule has 1 rings (SSSR count). The van der Waals surface area contributed by atoms with Crippen LogP contribution in [-0.2, 0) is 16.0 Å². The van der Waals surface area contributed by atoms with Crippen molar-refractivity contribution in [1.82, 2.24) is 5.32 Å². The van der Waals surface area contributed by atoms with Gasteiger partial charge in [0.2, 0.25) is 0 Å². The molecule has 0 bridgehead atoms. The minimum Gasteiger partial charge on any atom is -0.493 e. The van der Waals surface area contributed by atoms with Crippen LogP contribution in [0.25, 0.3) is 0 Å². The van der Waals surface area contributed by atoms with Crippen molar-refractivity contribution < 1.29 is 19.0 Å². The van der Waals surface area contributed by atoms with Crippen molar-refractivity contribution >= 4 is 5.97 Å². The molecule has 1 N–H and O–H groups in total. The lowest BCUT2D eigenvalue weighted by atomic mass is 9.99. The summed E-state index contributed by atoms with van der Waals surface area (Å²) < 4.78 is 15.9. The Morgan fingerprint density at radius 2 is 2.00 bits per heavy atom. The molecule has 0 aliphatic carbocycles. The van der Waals surface area contributed by atoms with Crippen molar-refractivity contribution in [2.75, 3.05) is 27.9 Å². The molecule has 0 radical (unpaired) electrons. The average Bonchev–Trinajstić information content (AvgIpc) is 2.53. The first-order valence-electron chi connectivity index (χ1n) is 7.07. The highest BCUT2D eigenvalue weighted by atomic mass is 16.5. The topological polar surface area (TPSA) is 56.8 Å². The molecule has 0 heterocycles. The monoisotopic (exact) mass is 295 g/mol. The standard InChI is InChI=1S/C16H25NO4/c1-6-12-7-8-13(14(11-12)19-4)21-10-9-16(2,17-3)15(18)20-5/h7-8,11,17H,6,9-10H2,1-5H3. The number of likely N-dealkylation sites (N-methyl/N-ethyl adjacent to an activating group) is 1. The van der Waals surface area contributed by atoms with E-state index in [1.54, 1.807) is 21.1 Å². The van der Waals surface area contributed by atoms with Crippen LogP contribution >= 0.6 is 0 Å². The Kier molecular flexibility index (Phi) is 6.49. The Labute approximate surface area is 126 Å². The van der Waals surface area contributed by atoms with Gasteiger partial charge in [-0.1, -0.05) is 13.0 Å². The number of aryl methyl sites for hydroxylation is 1. The maximum atomic E-state index is 11.7. The minimum atomic E-state index is -0.759. The fourth-order valence-electron chi connectivity index (χ4n) is 1.97. The summed E-state index contributed by atoms with van der Waals surface area (Å²) in [5.41, 5.74) is 0.430. The Morgan fingerprint density at radius 1 is 1.29 bits per heavy atom. The van der Waals surface area contributed by atoms with E-state index >= 15 is 0 Å². The molecule has 1 aromatic rings. The maximum Gasteiger partial charge on any atom is 0.325 e. The van der Waals surface area contributed by atoms with Crippen molar-refractivity contribution in [1.29, 1.82) is 0 Å². The fourth-order valence-corrected chi connectivity index (χ4v) is 1.97. The van der Waals surface area contributed by atoms with E-state index < -0.39 is 5.54 Å². The summed E-state index contributed by atoms with van der Waals surface area (Å²) in [5, 5.41) is 2.98. The smallest absolute Gasteiger partial charge is 0.325 e. The van der Waals surface area contributed by atoms with Crippen LogP contribution in [0.3, 0.4) is 0 Å². The Balaban J connectivity index is 2.69. The number of benzene rings is 1. The zero-order valence-electron chi connectivity index (χ0n) is 13.5. The second kappa shape index (κ2) is 7.88. The predicted octanol–water partition coefficient (Wildman–Crippen LogP) is 2.18. The van der Waals surface area contributed by atoms with E-state index in [0.717, 1.165) is 6.42 Å². The third kappa shape index (κ3) is 4.36. The summed E-state index contributed by atoms with van der Waals surface area (Å²) >= 11 is 0. The molecular formula is C16H25NO4. The van der Waals surface area contributed by atoms with Gasteiger partial charge in [-0.05, 0) is 38.1 Å². The zero-order chi connectivity index (χ0) is 15.9. The van der Waals surface area contributed by atoms with Gasteiger partial charge in [0.25, 0.3) is 0 Å². The highest BCUT2D eigenvalue weighted by Crippen LogP contribution is 2.28. The lowest BCUT2D eigenvalue weighted by Crippen LogP contribution is -2.49. The lowest BCUT2D eigenvalue weighted by Gasteiger charge is -2.26. The summed E-state index contributed by atoms with van der Waals surface area (Å²) in [7, 11) is 4.73. The Bertz CT molecular complexity index is 475. The summed E-state index contributed by atoms with van der Waals surface area (Å²) in [6.07, 6.45) is 1.44. The van der Waals surface area contributed by atoms with E-state index in [0.29, 0.717) is 24.5 Å². The zero-order valence-corrected chi connectivity index (χ0v) is 13.5. The van der Waals surface area contributed by atoms with Gasteiger partial charge in [-0.15, -0.1) is 0 Å². The average molecular weight is 295 g/mol. The van der Waals surface area contributed by atoms with Gasteiger partial charge in [0, 0.05) is 6.42 Å². The molecule has 118 valence electrons. The molecule has 0 saturated carbocycles. The number of hydrogen-bond acceptors (Lipinski definition) is 5. The number of carbonyl (C=O) groups excluding carboxylic acids is 1. The van der Waals surface area contributed by atoms with Gasteiger partial charge in [-0.2, -0.15) is 0 Å². The normalized spacial score (nSPS) is 13.4. The molecule has 21 heavy (non-hydrogen) atoms. The van der Waals surface area contributed by atoms with E-state index in [9.17, 15) is 4.79 Å². The van der Waals surface area contributed by atoms with E-state index in [-0.39, 0.29) is 5.97 Å². The molecule has 0 spiro atoms. The fraction of sp³-hybridized carbons (Fsp3) is 0.562. The summed E-state index contributed by atoms with van der Waals surface area (Å²) in [4.78, 5) is 11.7. The molecule has 5 nitrogen and oxygen atoms in total. The largest absolute Gasteiger partial charge is 0.493 e. The van der Waals surface area contributed by atoms with Gasteiger partial charge in [0.1, 0.15) is 5.54 Å². The highest BCUT2D eigenvalue weighted by molar-refractivity contribution is 5.80. The number of methoxy groups -OCH3 is 2. The van der Waals surface area contributed by atoms with E-state index in [4.69, 9.17) is 14.2 Å². The molecule has 0 fully saturated rings. The predicted molar refractivity (Wildman–Crippen MR) is 82.0 cm³/mol. The van der Waals surface area contributed by atoms with Crippen LogP contribution in [0.1, 0.15) is 25.8 Å². The molecule has 0 aliphatic rings. The van der Waals surface area contributed by atoms with Gasteiger partial charge in [0.05, 0.1) is 20.8 Å². The van der Waals surface area contributed by atoms with Crippen LogP contribution in [0.4, 0.5) is 0 Å². The van der Waals surface area contributed by atoms with Gasteiger partial charge in [-0.25, -0.2) is 0 Å². The van der Waals surface area contributed by atoms with E-state index in [1.807, 2.05) is 18.2 Å². The van der Waals surface area contributed by atoms with E-state index in [2.05, 4.69) is 12.2 Å². The summed E-state index contributed by atoms with van der Waals surface area (Å²) in [6, 6.07) is 5.87. The number of carbonyl (C=O) groups is 1. The minimum absolute atomic E-state index is 0.304. The summed E-state index contributed by atoms with van der Waals surface area (Å²) in [5.74, 6) is 1.08. The van der Waals surface area contributed by atoms with Crippen molar-refractivity contribution in [3.8, 4) is 11.5 Å². The molecule has 0 aromatic heterocycles. The van der Waals surface area contributed by atoms with Crippen LogP contribution in [0, 0.1) is 0 Å². The van der Waals surface area contributed by atoms with Crippen LogP contribution in [0.15, 0.2) is 18.2 Å². The number of esters is 1. The van der Waals surface area contributed by atoms with Crippen LogP contribution in [-0.4, -0.2) is 39.4 Å². The molecule has 0 aliphatic heterocycles. The molecule has 1 unspecified atom stereocenters. The number of rotatable bonds is 8. The van der Waals surface area contributed by atoms with Gasteiger partial charge in [-0.3, -0.25) is 4.79 Å². The number of hydrogen-bond donors (Lipinski definition) is 1. The molecule has 0 saturated heterocycles. The first kappa shape index (κ1) is 17.3. The third-order valence-corrected chi connectivity index (χ3v) is 3.68. The van der Waals surface area contributed by atoms with Crippen molar-refractivity contribution in [2.24, 2.45) is 0 Å².